The van der Waals surface area contributed by atoms with Crippen LogP contribution >= 0.6 is 11.3 Å². The number of nitrogens with one attached hydrogen (secondary N) is 2. The summed E-state index contributed by atoms with van der Waals surface area (Å²) in [4.78, 5) is 31.0. The summed E-state index contributed by atoms with van der Waals surface area (Å²) in [5, 5.41) is 7.04. The number of benzene rings is 1. The van der Waals surface area contributed by atoms with Crippen LogP contribution in [0.5, 0.6) is 5.75 Å². The minimum Gasteiger partial charge on any atom is -0.494 e. The number of rotatable bonds is 9. The van der Waals surface area contributed by atoms with Gasteiger partial charge in [0.1, 0.15) is 17.1 Å². The number of halogens is 3. The van der Waals surface area contributed by atoms with Crippen LogP contribution in [-0.2, 0) is 0 Å². The SMILES string of the molecule is C/C=C\C(=N/NCF)c1ccc(C(=O)Nc2nc3ncc(C#CC4CC4)nc3s2)c(-c2cc(C(F)F)ncc2OC)c1. The molecule has 2 N–H and O–H groups in total. The first-order valence-corrected chi connectivity index (χ1v) is 13.6. The van der Waals surface area contributed by atoms with Crippen molar-refractivity contribution in [3.63, 3.8) is 0 Å². The third kappa shape index (κ3) is 6.55. The van der Waals surface area contributed by atoms with Gasteiger partial charge in [0.25, 0.3) is 12.3 Å². The molecule has 0 atom stereocenters. The lowest BCUT2D eigenvalue weighted by atomic mass is 9.94. The van der Waals surface area contributed by atoms with Gasteiger partial charge < -0.3 is 4.74 Å². The van der Waals surface area contributed by atoms with Crippen LogP contribution in [0, 0.1) is 17.8 Å². The van der Waals surface area contributed by atoms with Gasteiger partial charge in [0, 0.05) is 22.6 Å². The fourth-order valence-electron chi connectivity index (χ4n) is 3.95. The third-order valence-corrected chi connectivity index (χ3v) is 6.95. The summed E-state index contributed by atoms with van der Waals surface area (Å²) in [6.07, 6.45) is 5.39. The first-order valence-electron chi connectivity index (χ1n) is 12.8. The summed E-state index contributed by atoms with van der Waals surface area (Å²) >= 11 is 1.13. The van der Waals surface area contributed by atoms with Crippen molar-refractivity contribution in [3.8, 4) is 28.7 Å². The summed E-state index contributed by atoms with van der Waals surface area (Å²) in [6, 6.07) is 5.89. The molecule has 0 aliphatic heterocycles. The van der Waals surface area contributed by atoms with E-state index in [2.05, 4.69) is 47.6 Å². The second kappa shape index (κ2) is 12.8. The van der Waals surface area contributed by atoms with Gasteiger partial charge in [0.05, 0.1) is 25.2 Å². The van der Waals surface area contributed by atoms with Crippen molar-refractivity contribution in [3.05, 3.63) is 71.3 Å². The van der Waals surface area contributed by atoms with Gasteiger partial charge in [-0.15, -0.1) is 0 Å². The maximum Gasteiger partial charge on any atom is 0.280 e. The highest BCUT2D eigenvalue weighted by Gasteiger charge is 2.22. The summed E-state index contributed by atoms with van der Waals surface area (Å²) in [6.45, 7) is 0.865. The number of allylic oxidation sites excluding steroid dienone is 2. The average Bonchev–Trinajstić information content (AvgIpc) is 3.75. The molecule has 1 amide bonds. The number of hydrogen-bond donors (Lipinski definition) is 2. The molecule has 0 radical (unpaired) electrons. The van der Waals surface area contributed by atoms with Crippen LogP contribution < -0.4 is 15.5 Å². The molecule has 9 nitrogen and oxygen atoms in total. The van der Waals surface area contributed by atoms with Gasteiger partial charge in [0.15, 0.2) is 22.4 Å². The molecule has 0 spiro atoms. The topological polar surface area (TPSA) is 114 Å². The Morgan fingerprint density at radius 1 is 1.21 bits per heavy atom. The molecule has 3 aromatic heterocycles. The molecule has 0 saturated heterocycles. The molecule has 1 aliphatic rings. The number of ether oxygens (including phenoxy) is 1. The first-order chi connectivity index (χ1) is 20.4. The molecule has 4 aromatic rings. The Morgan fingerprint density at radius 3 is 2.76 bits per heavy atom. The summed E-state index contributed by atoms with van der Waals surface area (Å²) in [7, 11) is 1.37. The number of fused-ring (bicyclic) bond motifs is 1. The molecular weight excluding hydrogens is 567 g/mol. The zero-order valence-electron chi connectivity index (χ0n) is 22.5. The van der Waals surface area contributed by atoms with Crippen molar-refractivity contribution in [2.45, 2.75) is 26.2 Å². The van der Waals surface area contributed by atoms with Crippen LogP contribution in [0.15, 0.2) is 53.9 Å². The standard InChI is InChI=1S/C29H24F3N7O2S/c1-3-4-22(39-35-15-30)17-8-10-19(20(11-17)21-12-23(25(31)32)33-14-24(21)41-2)27(40)38-29-37-26-28(42-29)36-18(13-34-26)9-7-16-5-6-16/h3-4,8,10-14,16,25,35H,5-6,15H2,1-2H3,(H,34,37,38,40)/b4-3-,39-22+. The molecule has 1 aliphatic carbocycles. The van der Waals surface area contributed by atoms with E-state index in [4.69, 9.17) is 4.74 Å². The highest BCUT2D eigenvalue weighted by atomic mass is 32.1. The largest absolute Gasteiger partial charge is 0.494 e. The quantitative estimate of drug-likeness (QED) is 0.108. The fourth-order valence-corrected chi connectivity index (χ4v) is 4.74. The Morgan fingerprint density at radius 2 is 2.05 bits per heavy atom. The van der Waals surface area contributed by atoms with E-state index < -0.39 is 24.8 Å². The van der Waals surface area contributed by atoms with Crippen molar-refractivity contribution in [2.75, 3.05) is 19.2 Å². The van der Waals surface area contributed by atoms with Crippen molar-refractivity contribution < 1.29 is 22.7 Å². The van der Waals surface area contributed by atoms with Crippen LogP contribution in [0.1, 0.15) is 53.5 Å². The molecule has 0 bridgehead atoms. The second-order valence-electron chi connectivity index (χ2n) is 9.06. The van der Waals surface area contributed by atoms with Gasteiger partial charge in [-0.25, -0.2) is 23.1 Å². The Labute approximate surface area is 243 Å². The highest BCUT2D eigenvalue weighted by molar-refractivity contribution is 7.21. The number of aromatic nitrogens is 4. The zero-order chi connectivity index (χ0) is 29.6. The van der Waals surface area contributed by atoms with Crippen LogP contribution in [0.25, 0.3) is 21.6 Å². The first kappa shape index (κ1) is 28.7. The number of anilines is 1. The Balaban J connectivity index is 1.55. The van der Waals surface area contributed by atoms with Gasteiger partial charge in [-0.3, -0.25) is 20.5 Å². The van der Waals surface area contributed by atoms with Crippen LogP contribution in [-0.4, -0.2) is 45.5 Å². The molecule has 1 fully saturated rings. The van der Waals surface area contributed by atoms with Crippen molar-refractivity contribution in [2.24, 2.45) is 11.0 Å². The molecule has 1 saturated carbocycles. The van der Waals surface area contributed by atoms with Gasteiger partial charge in [-0.05, 0) is 55.5 Å². The zero-order valence-corrected chi connectivity index (χ0v) is 23.3. The number of hydrazone groups is 1. The predicted molar refractivity (Wildman–Crippen MR) is 154 cm³/mol. The fraction of sp³-hybridized carbons (Fsp3) is 0.241. The van der Waals surface area contributed by atoms with E-state index >= 15 is 0 Å². The number of carbonyl (C=O) groups excluding carboxylic acids is 1. The number of carbonyl (C=O) groups is 1. The van der Waals surface area contributed by atoms with Gasteiger partial charge >= 0.3 is 0 Å². The number of pyridine rings is 1. The van der Waals surface area contributed by atoms with E-state index in [1.165, 1.54) is 31.6 Å². The molecule has 214 valence electrons. The number of amides is 1. The normalized spacial score (nSPS) is 13.3. The molecule has 5 rings (SSSR count). The number of nitrogens with zero attached hydrogens (tertiary/aromatic N) is 5. The lowest BCUT2D eigenvalue weighted by molar-refractivity contribution is 0.102. The minimum absolute atomic E-state index is 0.137. The molecular formula is C29H24F3N7O2S. The Bertz CT molecular complexity index is 1760. The molecule has 1 aromatic carbocycles. The number of alkyl halides is 3. The molecule has 42 heavy (non-hydrogen) atoms. The van der Waals surface area contributed by atoms with Gasteiger partial charge in [-0.2, -0.15) is 10.1 Å². The average molecular weight is 592 g/mol. The van der Waals surface area contributed by atoms with Crippen LogP contribution in [0.2, 0.25) is 0 Å². The lowest BCUT2D eigenvalue weighted by Crippen LogP contribution is -2.14. The highest BCUT2D eigenvalue weighted by Crippen LogP contribution is 2.36. The minimum atomic E-state index is -2.86. The predicted octanol–water partition coefficient (Wildman–Crippen LogP) is 5.91. The van der Waals surface area contributed by atoms with Crippen molar-refractivity contribution in [1.82, 2.24) is 25.4 Å². The van der Waals surface area contributed by atoms with E-state index in [0.717, 1.165) is 24.2 Å². The van der Waals surface area contributed by atoms with Gasteiger partial charge in [0.2, 0.25) is 0 Å². The van der Waals surface area contributed by atoms with Crippen molar-refractivity contribution in [1.29, 1.82) is 0 Å². The van der Waals surface area contributed by atoms with Crippen molar-refractivity contribution >= 4 is 38.6 Å². The Kier molecular flexibility index (Phi) is 8.73. The maximum atomic E-state index is 13.6. The molecule has 3 heterocycles. The third-order valence-electron chi connectivity index (χ3n) is 6.09. The maximum absolute atomic E-state index is 13.6. The Hall–Kier alpha value is -4.83. The number of hydrogen-bond acceptors (Lipinski definition) is 9. The molecule has 0 unspecified atom stereocenters. The smallest absolute Gasteiger partial charge is 0.280 e. The lowest BCUT2D eigenvalue weighted by Gasteiger charge is -2.15. The molecule has 13 heteroatoms. The van der Waals surface area contributed by atoms with Gasteiger partial charge in [-0.1, -0.05) is 29.4 Å². The monoisotopic (exact) mass is 591 g/mol. The van der Waals surface area contributed by atoms with Crippen LogP contribution in [0.4, 0.5) is 18.3 Å². The van der Waals surface area contributed by atoms with E-state index in [0.29, 0.717) is 33.4 Å². The van der Waals surface area contributed by atoms with E-state index in [1.807, 2.05) is 0 Å². The summed E-state index contributed by atoms with van der Waals surface area (Å²) < 4.78 is 45.5. The van der Waals surface area contributed by atoms with Crippen LogP contribution in [0.3, 0.4) is 0 Å². The summed E-state index contributed by atoms with van der Waals surface area (Å²) in [5.41, 5.74) is 4.11. The van der Waals surface area contributed by atoms with E-state index in [-0.39, 0.29) is 27.6 Å². The number of thiazole rings is 1. The van der Waals surface area contributed by atoms with E-state index in [9.17, 15) is 18.0 Å². The second-order valence-corrected chi connectivity index (χ2v) is 10.0. The number of methoxy groups -OCH3 is 1. The van der Waals surface area contributed by atoms with E-state index in [1.54, 1.807) is 31.2 Å². The summed E-state index contributed by atoms with van der Waals surface area (Å²) in [5.74, 6) is 6.18.